The van der Waals surface area contributed by atoms with Gasteiger partial charge in [0.2, 0.25) is 5.88 Å². The van der Waals surface area contributed by atoms with Crippen LogP contribution in [-0.2, 0) is 20.6 Å². The van der Waals surface area contributed by atoms with Crippen molar-refractivity contribution >= 4 is 5.69 Å². The Morgan fingerprint density at radius 3 is 2.82 bits per heavy atom. The Kier molecular flexibility index (Phi) is 4.85. The standard InChI is InChI=1S/C20H24N6O2/c1-13-4-5-15(21-10-13)11-22-18-9-19(24-26(3)20(18)27)28-12-14-8-16(14)17-6-7-25(2)23-17/h4-7,9-10,14,16,22H,8,11-12H2,1-3H3/t14?,16-/m1/s1. The van der Waals surface area contributed by atoms with E-state index in [-0.39, 0.29) is 5.56 Å². The van der Waals surface area contributed by atoms with Crippen LogP contribution in [0.1, 0.15) is 29.3 Å². The topological polar surface area (TPSA) is 86.9 Å². The lowest BCUT2D eigenvalue weighted by Gasteiger charge is -2.10. The van der Waals surface area contributed by atoms with Crippen molar-refractivity contribution in [2.24, 2.45) is 20.0 Å². The van der Waals surface area contributed by atoms with Crippen molar-refractivity contribution in [1.29, 1.82) is 0 Å². The highest BCUT2D eigenvalue weighted by Crippen LogP contribution is 2.46. The van der Waals surface area contributed by atoms with Crippen molar-refractivity contribution in [2.45, 2.75) is 25.8 Å². The molecule has 2 atom stereocenters. The molecule has 3 aromatic rings. The van der Waals surface area contributed by atoms with Crippen LogP contribution in [0.15, 0.2) is 41.5 Å². The van der Waals surface area contributed by atoms with Gasteiger partial charge in [0.1, 0.15) is 5.69 Å². The first-order valence-corrected chi connectivity index (χ1v) is 9.35. The number of hydrogen-bond donors (Lipinski definition) is 1. The van der Waals surface area contributed by atoms with E-state index >= 15 is 0 Å². The number of ether oxygens (including phenoxy) is 1. The Balaban J connectivity index is 1.38. The Hall–Kier alpha value is -3.16. The second-order valence-electron chi connectivity index (χ2n) is 7.33. The molecule has 0 spiro atoms. The summed E-state index contributed by atoms with van der Waals surface area (Å²) in [4.78, 5) is 16.7. The number of aromatic nitrogens is 5. The van der Waals surface area contributed by atoms with Crippen LogP contribution in [0.4, 0.5) is 5.69 Å². The van der Waals surface area contributed by atoms with Crippen molar-refractivity contribution < 1.29 is 4.74 Å². The summed E-state index contributed by atoms with van der Waals surface area (Å²) in [5, 5.41) is 11.8. The van der Waals surface area contributed by atoms with E-state index in [9.17, 15) is 4.79 Å². The second kappa shape index (κ2) is 7.46. The fourth-order valence-corrected chi connectivity index (χ4v) is 3.18. The molecule has 1 saturated carbocycles. The van der Waals surface area contributed by atoms with E-state index in [1.807, 2.05) is 43.2 Å². The molecule has 0 bridgehead atoms. The predicted molar refractivity (Wildman–Crippen MR) is 105 cm³/mol. The number of hydrogen-bond acceptors (Lipinski definition) is 6. The van der Waals surface area contributed by atoms with Gasteiger partial charge in [-0.05, 0) is 31.0 Å². The molecule has 4 rings (SSSR count). The van der Waals surface area contributed by atoms with Crippen molar-refractivity contribution in [1.82, 2.24) is 24.5 Å². The third-order valence-corrected chi connectivity index (χ3v) is 4.96. The molecule has 8 nitrogen and oxygen atoms in total. The average Bonchev–Trinajstić information content (AvgIpc) is 3.33. The molecule has 3 aromatic heterocycles. The smallest absolute Gasteiger partial charge is 0.290 e. The van der Waals surface area contributed by atoms with Crippen LogP contribution >= 0.6 is 0 Å². The Labute approximate surface area is 163 Å². The zero-order valence-corrected chi connectivity index (χ0v) is 16.3. The number of pyridine rings is 1. The SMILES string of the molecule is Cc1ccc(CNc2cc(OCC3C[C@H]3c3ccn(C)n3)nn(C)c2=O)nc1. The quantitative estimate of drug-likeness (QED) is 0.675. The fourth-order valence-electron chi connectivity index (χ4n) is 3.18. The minimum Gasteiger partial charge on any atom is -0.476 e. The molecule has 28 heavy (non-hydrogen) atoms. The van der Waals surface area contributed by atoms with Gasteiger partial charge in [-0.25, -0.2) is 4.68 Å². The molecule has 0 radical (unpaired) electrons. The lowest BCUT2D eigenvalue weighted by molar-refractivity contribution is 0.278. The number of nitrogens with zero attached hydrogens (tertiary/aromatic N) is 5. The van der Waals surface area contributed by atoms with Gasteiger partial charge in [0.15, 0.2) is 0 Å². The van der Waals surface area contributed by atoms with E-state index in [4.69, 9.17) is 4.74 Å². The van der Waals surface area contributed by atoms with E-state index in [0.29, 0.717) is 36.6 Å². The molecule has 146 valence electrons. The highest BCUT2D eigenvalue weighted by Gasteiger charge is 2.40. The zero-order chi connectivity index (χ0) is 19.7. The fraction of sp³-hybridized carbons (Fsp3) is 0.400. The van der Waals surface area contributed by atoms with Gasteiger partial charge in [-0.2, -0.15) is 5.10 Å². The number of anilines is 1. The van der Waals surface area contributed by atoms with Crippen molar-refractivity contribution in [3.05, 3.63) is 64.0 Å². The first-order chi connectivity index (χ1) is 13.5. The van der Waals surface area contributed by atoms with E-state index < -0.39 is 0 Å². The Bertz CT molecular complexity index is 1020. The third-order valence-electron chi connectivity index (χ3n) is 4.96. The van der Waals surface area contributed by atoms with Gasteiger partial charge in [0.25, 0.3) is 5.56 Å². The van der Waals surface area contributed by atoms with E-state index in [0.717, 1.165) is 23.4 Å². The summed E-state index contributed by atoms with van der Waals surface area (Å²) in [6, 6.07) is 7.65. The summed E-state index contributed by atoms with van der Waals surface area (Å²) < 4.78 is 8.99. The van der Waals surface area contributed by atoms with Crippen molar-refractivity contribution in [3.8, 4) is 5.88 Å². The average molecular weight is 380 g/mol. The first-order valence-electron chi connectivity index (χ1n) is 9.35. The summed E-state index contributed by atoms with van der Waals surface area (Å²) in [6.07, 6.45) is 4.83. The number of nitrogens with one attached hydrogen (secondary N) is 1. The normalized spacial score (nSPS) is 18.1. The minimum atomic E-state index is -0.197. The molecule has 0 aliphatic heterocycles. The van der Waals surface area contributed by atoms with Gasteiger partial charge in [-0.15, -0.1) is 5.10 Å². The number of aryl methyl sites for hydroxylation is 3. The van der Waals surface area contributed by atoms with Crippen LogP contribution in [0.25, 0.3) is 0 Å². The van der Waals surface area contributed by atoms with Gasteiger partial charge in [-0.3, -0.25) is 14.5 Å². The molecule has 1 aliphatic carbocycles. The molecular formula is C20H24N6O2. The summed E-state index contributed by atoms with van der Waals surface area (Å²) >= 11 is 0. The summed E-state index contributed by atoms with van der Waals surface area (Å²) in [7, 11) is 3.55. The van der Waals surface area contributed by atoms with Gasteiger partial charge >= 0.3 is 0 Å². The molecular weight excluding hydrogens is 356 g/mol. The third kappa shape index (κ3) is 4.05. The number of rotatable bonds is 7. The highest BCUT2D eigenvalue weighted by atomic mass is 16.5. The summed E-state index contributed by atoms with van der Waals surface area (Å²) in [5.41, 5.74) is 3.33. The lowest BCUT2D eigenvalue weighted by atomic mass is 10.2. The van der Waals surface area contributed by atoms with Crippen LogP contribution in [0.5, 0.6) is 5.88 Å². The van der Waals surface area contributed by atoms with Crippen LogP contribution in [0.3, 0.4) is 0 Å². The lowest BCUT2D eigenvalue weighted by Crippen LogP contribution is -2.24. The van der Waals surface area contributed by atoms with Gasteiger partial charge < -0.3 is 10.1 Å². The Morgan fingerprint density at radius 1 is 1.25 bits per heavy atom. The maximum atomic E-state index is 12.3. The van der Waals surface area contributed by atoms with E-state index in [2.05, 4.69) is 26.6 Å². The van der Waals surface area contributed by atoms with Crippen LogP contribution in [-0.4, -0.2) is 31.2 Å². The minimum absolute atomic E-state index is 0.197. The zero-order valence-electron chi connectivity index (χ0n) is 16.3. The predicted octanol–water partition coefficient (Wildman–Crippen LogP) is 2.01. The molecule has 0 aromatic carbocycles. The monoisotopic (exact) mass is 380 g/mol. The molecule has 0 amide bonds. The molecule has 0 saturated heterocycles. The largest absolute Gasteiger partial charge is 0.476 e. The van der Waals surface area contributed by atoms with Crippen molar-refractivity contribution in [3.63, 3.8) is 0 Å². The molecule has 1 fully saturated rings. The summed E-state index contributed by atoms with van der Waals surface area (Å²) in [6.45, 7) is 3.01. The first kappa shape index (κ1) is 18.2. The summed E-state index contributed by atoms with van der Waals surface area (Å²) in [5.74, 6) is 1.31. The van der Waals surface area contributed by atoms with Gasteiger partial charge in [0, 0.05) is 44.4 Å². The van der Waals surface area contributed by atoms with Crippen molar-refractivity contribution in [2.75, 3.05) is 11.9 Å². The maximum Gasteiger partial charge on any atom is 0.290 e. The Morgan fingerprint density at radius 2 is 2.11 bits per heavy atom. The second-order valence-corrected chi connectivity index (χ2v) is 7.33. The molecule has 3 heterocycles. The molecule has 1 N–H and O–H groups in total. The van der Waals surface area contributed by atoms with Crippen LogP contribution in [0.2, 0.25) is 0 Å². The van der Waals surface area contributed by atoms with E-state index in [1.54, 1.807) is 13.1 Å². The van der Waals surface area contributed by atoms with E-state index in [1.165, 1.54) is 4.68 Å². The van der Waals surface area contributed by atoms with Crippen LogP contribution < -0.4 is 15.6 Å². The molecule has 1 aliphatic rings. The molecule has 1 unspecified atom stereocenters. The van der Waals surface area contributed by atoms with Gasteiger partial charge in [0.05, 0.1) is 24.5 Å². The van der Waals surface area contributed by atoms with Crippen LogP contribution in [0, 0.1) is 12.8 Å². The highest BCUT2D eigenvalue weighted by molar-refractivity contribution is 5.43. The van der Waals surface area contributed by atoms with Gasteiger partial charge in [-0.1, -0.05) is 6.07 Å². The molecule has 8 heteroatoms. The maximum absolute atomic E-state index is 12.3.